The number of carbonyl (C=O) groups is 1. The number of nitrogens with one attached hydrogen (secondary N) is 2. The predicted molar refractivity (Wildman–Crippen MR) is 113 cm³/mol. The van der Waals surface area contributed by atoms with Crippen molar-refractivity contribution in [1.29, 1.82) is 0 Å². The molecule has 1 fully saturated rings. The first kappa shape index (κ1) is 21.8. The van der Waals surface area contributed by atoms with E-state index in [9.17, 15) is 13.2 Å². The molecule has 1 aliphatic rings. The topological polar surface area (TPSA) is 103 Å². The van der Waals surface area contributed by atoms with Crippen LogP contribution in [-0.4, -0.2) is 41.7 Å². The summed E-state index contributed by atoms with van der Waals surface area (Å²) in [4.78, 5) is 12.8. The van der Waals surface area contributed by atoms with Crippen LogP contribution in [-0.2, 0) is 10.0 Å². The molecule has 30 heavy (non-hydrogen) atoms. The molecular weight excluding hydrogens is 408 g/mol. The lowest BCUT2D eigenvalue weighted by Gasteiger charge is -2.16. The maximum Gasteiger partial charge on any atom is 0.261 e. The predicted octanol–water partition coefficient (Wildman–Crippen LogP) is 3.04. The molecule has 0 aromatic heterocycles. The van der Waals surface area contributed by atoms with Crippen molar-refractivity contribution >= 4 is 21.6 Å². The second-order valence-electron chi connectivity index (χ2n) is 6.92. The fraction of sp³-hybridized carbons (Fsp3) is 0.381. The smallest absolute Gasteiger partial charge is 0.261 e. The Bertz CT molecular complexity index is 1000. The Morgan fingerprint density at radius 2 is 1.70 bits per heavy atom. The molecule has 0 radical (unpaired) electrons. The zero-order valence-corrected chi connectivity index (χ0v) is 18.0. The molecule has 0 unspecified atom stereocenters. The molecule has 1 amide bonds. The molecule has 9 heteroatoms. The third-order valence-electron chi connectivity index (χ3n) is 4.71. The normalized spacial score (nSPS) is 13.4. The quantitative estimate of drug-likeness (QED) is 0.596. The monoisotopic (exact) mass is 434 g/mol. The Hall–Kier alpha value is -2.94. The van der Waals surface area contributed by atoms with Gasteiger partial charge in [-0.3, -0.25) is 9.52 Å². The van der Waals surface area contributed by atoms with Crippen LogP contribution in [0.5, 0.6) is 17.2 Å². The van der Waals surface area contributed by atoms with Gasteiger partial charge in [0.05, 0.1) is 37.0 Å². The average molecular weight is 435 g/mol. The fourth-order valence-corrected chi connectivity index (χ4v) is 3.96. The van der Waals surface area contributed by atoms with Crippen LogP contribution >= 0.6 is 0 Å². The Balaban J connectivity index is 1.92. The first-order valence-electron chi connectivity index (χ1n) is 9.67. The molecule has 3 rings (SSSR count). The number of sulfonamides is 1. The van der Waals surface area contributed by atoms with Gasteiger partial charge in [-0.05, 0) is 56.0 Å². The fourth-order valence-electron chi connectivity index (χ4n) is 2.89. The maximum absolute atomic E-state index is 12.9. The standard InChI is InChI=1S/C21H26N2O6S/c1-4-29-15-7-9-16(10-8-15)30(25,26)23-18-12-20(28-3)19(27-2)11-17(18)21(24)22-13-14-5-6-14/h7-12,14,23H,4-6,13H2,1-3H3,(H,22,24). The highest BCUT2D eigenvalue weighted by Gasteiger charge is 2.25. The molecule has 1 saturated carbocycles. The van der Waals surface area contributed by atoms with E-state index in [1.165, 1.54) is 38.5 Å². The van der Waals surface area contributed by atoms with Crippen LogP contribution in [0.1, 0.15) is 30.1 Å². The zero-order valence-electron chi connectivity index (χ0n) is 17.2. The van der Waals surface area contributed by atoms with Crippen molar-refractivity contribution < 1.29 is 27.4 Å². The van der Waals surface area contributed by atoms with Gasteiger partial charge in [-0.25, -0.2) is 8.42 Å². The van der Waals surface area contributed by atoms with Gasteiger partial charge in [-0.1, -0.05) is 0 Å². The van der Waals surface area contributed by atoms with E-state index in [4.69, 9.17) is 14.2 Å². The van der Waals surface area contributed by atoms with Crippen molar-refractivity contribution in [2.75, 3.05) is 32.1 Å². The van der Waals surface area contributed by atoms with Crippen molar-refractivity contribution in [1.82, 2.24) is 5.32 Å². The SMILES string of the molecule is CCOc1ccc(S(=O)(=O)Nc2cc(OC)c(OC)cc2C(=O)NCC2CC2)cc1. The summed E-state index contributed by atoms with van der Waals surface area (Å²) in [6.45, 7) is 2.88. The molecule has 2 aromatic rings. The highest BCUT2D eigenvalue weighted by Crippen LogP contribution is 2.35. The Morgan fingerprint density at radius 3 is 2.27 bits per heavy atom. The van der Waals surface area contributed by atoms with Crippen LogP contribution in [0, 0.1) is 5.92 Å². The number of anilines is 1. The molecule has 0 saturated heterocycles. The lowest BCUT2D eigenvalue weighted by Crippen LogP contribution is -2.27. The minimum Gasteiger partial charge on any atom is -0.494 e. The van der Waals surface area contributed by atoms with Crippen LogP contribution in [0.25, 0.3) is 0 Å². The van der Waals surface area contributed by atoms with Gasteiger partial charge in [-0.2, -0.15) is 0 Å². The number of benzene rings is 2. The van der Waals surface area contributed by atoms with Crippen LogP contribution in [0.2, 0.25) is 0 Å². The molecule has 0 bridgehead atoms. The number of rotatable bonds is 10. The highest BCUT2D eigenvalue weighted by atomic mass is 32.2. The van der Waals surface area contributed by atoms with E-state index >= 15 is 0 Å². The van der Waals surface area contributed by atoms with E-state index in [1.807, 2.05) is 6.92 Å². The van der Waals surface area contributed by atoms with Gasteiger partial charge >= 0.3 is 0 Å². The van der Waals surface area contributed by atoms with E-state index in [-0.39, 0.29) is 22.1 Å². The molecule has 0 atom stereocenters. The third kappa shape index (κ3) is 5.15. The number of amides is 1. The van der Waals surface area contributed by atoms with Crippen LogP contribution < -0.4 is 24.2 Å². The van der Waals surface area contributed by atoms with E-state index in [1.54, 1.807) is 12.1 Å². The number of hydrogen-bond acceptors (Lipinski definition) is 6. The van der Waals surface area contributed by atoms with E-state index < -0.39 is 10.0 Å². The Morgan fingerprint density at radius 1 is 1.07 bits per heavy atom. The molecule has 0 spiro atoms. The first-order chi connectivity index (χ1) is 14.4. The molecule has 0 aliphatic heterocycles. The largest absolute Gasteiger partial charge is 0.494 e. The summed E-state index contributed by atoms with van der Waals surface area (Å²) < 4.78 is 44.2. The summed E-state index contributed by atoms with van der Waals surface area (Å²) >= 11 is 0. The van der Waals surface area contributed by atoms with Crippen molar-refractivity contribution in [3.63, 3.8) is 0 Å². The van der Waals surface area contributed by atoms with Crippen LogP contribution in [0.3, 0.4) is 0 Å². The summed E-state index contributed by atoms with van der Waals surface area (Å²) in [5, 5.41) is 2.85. The van der Waals surface area contributed by atoms with Crippen molar-refractivity contribution in [2.24, 2.45) is 5.92 Å². The minimum atomic E-state index is -3.95. The molecule has 2 aromatic carbocycles. The number of ether oxygens (including phenoxy) is 3. The number of carbonyl (C=O) groups excluding carboxylic acids is 1. The van der Waals surface area contributed by atoms with Crippen molar-refractivity contribution in [2.45, 2.75) is 24.7 Å². The second-order valence-corrected chi connectivity index (χ2v) is 8.60. The van der Waals surface area contributed by atoms with Gasteiger partial charge in [0, 0.05) is 12.6 Å². The van der Waals surface area contributed by atoms with Gasteiger partial charge in [0.25, 0.3) is 15.9 Å². The molecule has 1 aliphatic carbocycles. The minimum absolute atomic E-state index is 0.0464. The molecule has 162 valence electrons. The average Bonchev–Trinajstić information content (AvgIpc) is 3.56. The maximum atomic E-state index is 12.9. The molecular formula is C21H26N2O6S. The number of methoxy groups -OCH3 is 2. The van der Waals surface area contributed by atoms with Crippen LogP contribution in [0.15, 0.2) is 41.3 Å². The summed E-state index contributed by atoms with van der Waals surface area (Å²) in [5.74, 6) is 1.31. The summed E-state index contributed by atoms with van der Waals surface area (Å²) in [5.41, 5.74) is 0.262. The van der Waals surface area contributed by atoms with Gasteiger partial charge in [0.1, 0.15) is 5.75 Å². The van der Waals surface area contributed by atoms with Gasteiger partial charge in [0.15, 0.2) is 11.5 Å². The summed E-state index contributed by atoms with van der Waals surface area (Å²) in [6.07, 6.45) is 2.17. The highest BCUT2D eigenvalue weighted by molar-refractivity contribution is 7.92. The van der Waals surface area contributed by atoms with E-state index in [2.05, 4.69) is 10.0 Å². The van der Waals surface area contributed by atoms with E-state index in [0.29, 0.717) is 36.3 Å². The van der Waals surface area contributed by atoms with E-state index in [0.717, 1.165) is 12.8 Å². The third-order valence-corrected chi connectivity index (χ3v) is 6.09. The lowest BCUT2D eigenvalue weighted by atomic mass is 10.1. The van der Waals surface area contributed by atoms with Gasteiger partial charge < -0.3 is 19.5 Å². The molecule has 0 heterocycles. The Kier molecular flexibility index (Phi) is 6.71. The molecule has 2 N–H and O–H groups in total. The lowest BCUT2D eigenvalue weighted by molar-refractivity contribution is 0.0952. The number of hydrogen-bond donors (Lipinski definition) is 2. The van der Waals surface area contributed by atoms with Crippen molar-refractivity contribution in [3.8, 4) is 17.2 Å². The Labute approximate surface area is 176 Å². The van der Waals surface area contributed by atoms with Crippen LogP contribution in [0.4, 0.5) is 5.69 Å². The van der Waals surface area contributed by atoms with Gasteiger partial charge in [-0.15, -0.1) is 0 Å². The zero-order chi connectivity index (χ0) is 21.7. The van der Waals surface area contributed by atoms with Crippen molar-refractivity contribution in [3.05, 3.63) is 42.0 Å². The first-order valence-corrected chi connectivity index (χ1v) is 11.2. The summed E-state index contributed by atoms with van der Waals surface area (Å²) in [7, 11) is -1.05. The molecule has 8 nitrogen and oxygen atoms in total. The summed E-state index contributed by atoms with van der Waals surface area (Å²) in [6, 6.07) is 8.96. The second kappa shape index (κ2) is 9.25. The van der Waals surface area contributed by atoms with Gasteiger partial charge in [0.2, 0.25) is 0 Å².